The highest BCUT2D eigenvalue weighted by atomic mass is 35.5. The maximum atomic E-state index is 12.9. The summed E-state index contributed by atoms with van der Waals surface area (Å²) < 4.78 is 28.4. The fourth-order valence-electron chi connectivity index (χ4n) is 2.64. The van der Waals surface area contributed by atoms with E-state index < -0.39 is 21.4 Å². The zero-order chi connectivity index (χ0) is 18.6. The van der Waals surface area contributed by atoms with E-state index in [1.807, 2.05) is 60.7 Å². The minimum absolute atomic E-state index is 0.139. The highest BCUT2D eigenvalue weighted by Gasteiger charge is 2.28. The van der Waals surface area contributed by atoms with Crippen LogP contribution in [0.25, 0.3) is 0 Å². The van der Waals surface area contributed by atoms with Crippen molar-refractivity contribution in [1.82, 2.24) is 4.72 Å². The molecule has 0 aromatic heterocycles. The minimum Gasteiger partial charge on any atom is -0.207 e. The summed E-state index contributed by atoms with van der Waals surface area (Å²) >= 11 is 12.5. The lowest BCUT2D eigenvalue weighted by Crippen LogP contribution is -2.31. The van der Waals surface area contributed by atoms with Crippen molar-refractivity contribution >= 4 is 33.2 Å². The van der Waals surface area contributed by atoms with E-state index in [1.54, 1.807) is 12.1 Å². The molecule has 0 saturated carbocycles. The van der Waals surface area contributed by atoms with Gasteiger partial charge in [0, 0.05) is 5.02 Å². The van der Waals surface area contributed by atoms with Gasteiger partial charge in [0.25, 0.3) is 0 Å². The Bertz CT molecular complexity index is 946. The standard InChI is InChI=1S/C20H17Cl2NO2S/c21-17-11-13-18(14-12-17)26(24,25)23-20(16-9-5-2-6-10-16)19(22)15-7-3-1-4-8-15/h1-14,19-20,23H/t19-,20+/m0/s1. The van der Waals surface area contributed by atoms with E-state index in [1.165, 1.54) is 12.1 Å². The summed E-state index contributed by atoms with van der Waals surface area (Å²) in [7, 11) is -3.77. The first-order valence-electron chi connectivity index (χ1n) is 7.99. The van der Waals surface area contributed by atoms with Gasteiger partial charge in [-0.05, 0) is 35.4 Å². The second kappa shape index (κ2) is 8.23. The van der Waals surface area contributed by atoms with E-state index in [9.17, 15) is 8.42 Å². The van der Waals surface area contributed by atoms with Crippen LogP contribution in [0.5, 0.6) is 0 Å². The maximum absolute atomic E-state index is 12.9. The molecule has 3 nitrogen and oxygen atoms in total. The molecule has 0 aliphatic rings. The molecular formula is C20H17Cl2NO2S. The summed E-state index contributed by atoms with van der Waals surface area (Å²) in [5.41, 5.74) is 1.62. The van der Waals surface area contributed by atoms with Gasteiger partial charge in [-0.15, -0.1) is 11.6 Å². The molecule has 0 spiro atoms. The lowest BCUT2D eigenvalue weighted by molar-refractivity contribution is 0.549. The molecule has 3 aromatic rings. The summed E-state index contributed by atoms with van der Waals surface area (Å²) in [6.45, 7) is 0. The number of hydrogen-bond acceptors (Lipinski definition) is 2. The van der Waals surface area contributed by atoms with Crippen molar-refractivity contribution in [2.24, 2.45) is 0 Å². The van der Waals surface area contributed by atoms with E-state index in [0.717, 1.165) is 11.1 Å². The smallest absolute Gasteiger partial charge is 0.207 e. The van der Waals surface area contributed by atoms with E-state index in [2.05, 4.69) is 4.72 Å². The normalized spacial score (nSPS) is 13.9. The Kier molecular flexibility index (Phi) is 5.99. The fraction of sp³-hybridized carbons (Fsp3) is 0.100. The van der Waals surface area contributed by atoms with E-state index >= 15 is 0 Å². The molecule has 1 N–H and O–H groups in total. The van der Waals surface area contributed by atoms with Gasteiger partial charge in [-0.25, -0.2) is 13.1 Å². The largest absolute Gasteiger partial charge is 0.241 e. The van der Waals surface area contributed by atoms with Crippen LogP contribution in [-0.4, -0.2) is 8.42 Å². The van der Waals surface area contributed by atoms with Crippen molar-refractivity contribution in [2.75, 3.05) is 0 Å². The quantitative estimate of drug-likeness (QED) is 0.562. The number of benzene rings is 3. The van der Waals surface area contributed by atoms with Gasteiger partial charge in [0.05, 0.1) is 16.3 Å². The predicted octanol–water partition coefficient (Wildman–Crippen LogP) is 5.34. The first-order valence-corrected chi connectivity index (χ1v) is 10.3. The second-order valence-electron chi connectivity index (χ2n) is 5.78. The van der Waals surface area contributed by atoms with Crippen LogP contribution in [0.2, 0.25) is 5.02 Å². The topological polar surface area (TPSA) is 46.2 Å². The molecule has 6 heteroatoms. The Balaban J connectivity index is 1.97. The number of hydrogen-bond donors (Lipinski definition) is 1. The molecule has 0 aliphatic heterocycles. The molecule has 0 unspecified atom stereocenters. The first kappa shape index (κ1) is 18.9. The summed E-state index contributed by atoms with van der Waals surface area (Å²) in [6.07, 6.45) is 0. The van der Waals surface area contributed by atoms with Gasteiger partial charge >= 0.3 is 0 Å². The van der Waals surface area contributed by atoms with Crippen LogP contribution in [0.3, 0.4) is 0 Å². The van der Waals surface area contributed by atoms with Crippen LogP contribution in [-0.2, 0) is 10.0 Å². The van der Waals surface area contributed by atoms with Crippen molar-refractivity contribution in [2.45, 2.75) is 16.3 Å². The molecule has 134 valence electrons. The van der Waals surface area contributed by atoms with Gasteiger partial charge in [0.2, 0.25) is 10.0 Å². The predicted molar refractivity (Wildman–Crippen MR) is 106 cm³/mol. The Morgan fingerprint density at radius 2 is 1.23 bits per heavy atom. The van der Waals surface area contributed by atoms with Crippen LogP contribution in [0.1, 0.15) is 22.5 Å². The lowest BCUT2D eigenvalue weighted by atomic mass is 9.99. The molecule has 0 radical (unpaired) electrons. The SMILES string of the molecule is O=S(=O)(N[C@H](c1ccccc1)[C@@H](Cl)c1ccccc1)c1ccc(Cl)cc1. The monoisotopic (exact) mass is 405 g/mol. The molecule has 0 aliphatic carbocycles. The summed E-state index contributed by atoms with van der Waals surface area (Å²) in [6, 6.07) is 24.1. The van der Waals surface area contributed by atoms with Gasteiger partial charge in [0.15, 0.2) is 0 Å². The minimum atomic E-state index is -3.77. The van der Waals surface area contributed by atoms with Gasteiger partial charge in [-0.1, -0.05) is 72.3 Å². The Morgan fingerprint density at radius 1 is 0.731 bits per heavy atom. The Labute approximate surface area is 163 Å². The molecule has 3 aromatic carbocycles. The third kappa shape index (κ3) is 4.46. The Morgan fingerprint density at radius 3 is 1.77 bits per heavy atom. The van der Waals surface area contributed by atoms with Gasteiger partial charge in [-0.3, -0.25) is 0 Å². The van der Waals surface area contributed by atoms with Crippen molar-refractivity contribution in [3.63, 3.8) is 0 Å². The average molecular weight is 406 g/mol. The van der Waals surface area contributed by atoms with Crippen molar-refractivity contribution in [3.8, 4) is 0 Å². The molecule has 3 rings (SSSR count). The summed E-state index contributed by atoms with van der Waals surface area (Å²) in [5.74, 6) is 0. The lowest BCUT2D eigenvalue weighted by Gasteiger charge is -2.24. The summed E-state index contributed by atoms with van der Waals surface area (Å²) in [4.78, 5) is 0.139. The first-order chi connectivity index (χ1) is 12.5. The second-order valence-corrected chi connectivity index (χ2v) is 8.40. The molecule has 0 fully saturated rings. The number of alkyl halides is 1. The molecule has 2 atom stereocenters. The van der Waals surface area contributed by atoms with Crippen LogP contribution in [0, 0.1) is 0 Å². The molecule has 0 amide bonds. The van der Waals surface area contributed by atoms with Gasteiger partial charge < -0.3 is 0 Å². The van der Waals surface area contributed by atoms with E-state index in [0.29, 0.717) is 5.02 Å². The molecule has 0 bridgehead atoms. The van der Waals surface area contributed by atoms with Crippen molar-refractivity contribution < 1.29 is 8.42 Å². The molecular weight excluding hydrogens is 389 g/mol. The highest BCUT2D eigenvalue weighted by molar-refractivity contribution is 7.89. The number of nitrogens with one attached hydrogen (secondary N) is 1. The fourth-order valence-corrected chi connectivity index (χ4v) is 4.43. The number of rotatable bonds is 6. The maximum Gasteiger partial charge on any atom is 0.241 e. The third-order valence-corrected chi connectivity index (χ3v) is 6.19. The van der Waals surface area contributed by atoms with Crippen LogP contribution in [0.15, 0.2) is 89.8 Å². The summed E-state index contributed by atoms with van der Waals surface area (Å²) in [5, 5.41) is -0.0938. The average Bonchev–Trinajstić information content (AvgIpc) is 2.67. The van der Waals surface area contributed by atoms with Crippen molar-refractivity contribution in [3.05, 3.63) is 101 Å². The molecule has 0 saturated heterocycles. The van der Waals surface area contributed by atoms with E-state index in [4.69, 9.17) is 23.2 Å². The number of sulfonamides is 1. The van der Waals surface area contributed by atoms with Crippen LogP contribution in [0.4, 0.5) is 0 Å². The number of halogens is 2. The van der Waals surface area contributed by atoms with E-state index in [-0.39, 0.29) is 4.90 Å². The molecule has 0 heterocycles. The zero-order valence-corrected chi connectivity index (χ0v) is 16.0. The van der Waals surface area contributed by atoms with Gasteiger partial charge in [-0.2, -0.15) is 0 Å². The molecule has 26 heavy (non-hydrogen) atoms. The van der Waals surface area contributed by atoms with Crippen LogP contribution >= 0.6 is 23.2 Å². The third-order valence-electron chi connectivity index (χ3n) is 3.98. The highest BCUT2D eigenvalue weighted by Crippen LogP contribution is 2.35. The van der Waals surface area contributed by atoms with Gasteiger partial charge in [0.1, 0.15) is 0 Å². The van der Waals surface area contributed by atoms with Crippen LogP contribution < -0.4 is 4.72 Å². The Hall–Kier alpha value is -1.85. The zero-order valence-electron chi connectivity index (χ0n) is 13.7. The van der Waals surface area contributed by atoms with Crippen molar-refractivity contribution in [1.29, 1.82) is 0 Å².